The van der Waals surface area contributed by atoms with Gasteiger partial charge in [-0.3, -0.25) is 4.79 Å². The molecule has 3 atom stereocenters. The number of primary amides is 1. The highest BCUT2D eigenvalue weighted by atomic mass is 16.1. The van der Waals surface area contributed by atoms with Gasteiger partial charge in [-0.1, -0.05) is 18.2 Å². The van der Waals surface area contributed by atoms with E-state index in [0.29, 0.717) is 11.8 Å². The molecule has 1 amide bonds. The molecule has 78 valence electrons. The summed E-state index contributed by atoms with van der Waals surface area (Å²) in [6.07, 6.45) is 0. The number of anilines is 1. The molecule has 3 nitrogen and oxygen atoms in total. The number of rotatable bonds is 2. The molecule has 3 rings (SSSR count). The number of benzene rings is 1. The summed E-state index contributed by atoms with van der Waals surface area (Å²) < 4.78 is 0. The van der Waals surface area contributed by atoms with Gasteiger partial charge in [-0.25, -0.2) is 0 Å². The van der Waals surface area contributed by atoms with Gasteiger partial charge in [0, 0.05) is 24.7 Å². The molecular formula is C12H14N2O. The fourth-order valence-corrected chi connectivity index (χ4v) is 2.80. The SMILES string of the molecule is NC(=O)[C@H]1[C@@H]2CN(c3ccccc3)C[C@@H]21. The normalized spacial score (nSPS) is 32.5. The number of nitrogens with zero attached hydrogens (tertiary/aromatic N) is 1. The summed E-state index contributed by atoms with van der Waals surface area (Å²) in [5.74, 6) is 1.08. The molecule has 1 aliphatic heterocycles. The largest absolute Gasteiger partial charge is 0.371 e. The van der Waals surface area contributed by atoms with E-state index in [9.17, 15) is 4.79 Å². The number of piperidine rings is 1. The van der Waals surface area contributed by atoms with E-state index < -0.39 is 0 Å². The Morgan fingerprint density at radius 2 is 1.80 bits per heavy atom. The molecule has 2 N–H and O–H groups in total. The third-order valence-electron chi connectivity index (χ3n) is 3.64. The second-order valence-corrected chi connectivity index (χ2v) is 4.50. The molecule has 1 aromatic carbocycles. The zero-order valence-electron chi connectivity index (χ0n) is 8.47. The Bertz CT molecular complexity index is 378. The van der Waals surface area contributed by atoms with E-state index in [4.69, 9.17) is 5.73 Å². The summed E-state index contributed by atoms with van der Waals surface area (Å²) in [6.45, 7) is 1.98. The number of hydrogen-bond donors (Lipinski definition) is 1. The number of hydrogen-bond acceptors (Lipinski definition) is 2. The van der Waals surface area contributed by atoms with Crippen molar-refractivity contribution >= 4 is 11.6 Å². The van der Waals surface area contributed by atoms with Gasteiger partial charge in [0.1, 0.15) is 0 Å². The number of carbonyl (C=O) groups is 1. The average Bonchev–Trinajstić information content (AvgIpc) is 2.77. The first-order valence-electron chi connectivity index (χ1n) is 5.36. The molecule has 0 bridgehead atoms. The van der Waals surface area contributed by atoms with E-state index in [1.165, 1.54) is 5.69 Å². The van der Waals surface area contributed by atoms with Crippen molar-refractivity contribution in [3.8, 4) is 0 Å². The molecule has 15 heavy (non-hydrogen) atoms. The van der Waals surface area contributed by atoms with E-state index in [1.54, 1.807) is 0 Å². The lowest BCUT2D eigenvalue weighted by Crippen LogP contribution is -2.28. The summed E-state index contributed by atoms with van der Waals surface area (Å²) in [4.78, 5) is 13.4. The first-order chi connectivity index (χ1) is 7.27. The minimum absolute atomic E-state index is 0.113. The van der Waals surface area contributed by atoms with Gasteiger partial charge in [-0.2, -0.15) is 0 Å². The van der Waals surface area contributed by atoms with Crippen LogP contribution in [-0.4, -0.2) is 19.0 Å². The molecule has 2 aliphatic rings. The third-order valence-corrected chi connectivity index (χ3v) is 3.64. The van der Waals surface area contributed by atoms with Crippen LogP contribution < -0.4 is 10.6 Å². The second kappa shape index (κ2) is 2.99. The Balaban J connectivity index is 1.70. The lowest BCUT2D eigenvalue weighted by atomic mass is 10.2. The summed E-state index contributed by atoms with van der Waals surface area (Å²) >= 11 is 0. The van der Waals surface area contributed by atoms with Crippen molar-refractivity contribution in [3.63, 3.8) is 0 Å². The van der Waals surface area contributed by atoms with Gasteiger partial charge < -0.3 is 10.6 Å². The van der Waals surface area contributed by atoms with Crippen molar-refractivity contribution in [2.24, 2.45) is 23.5 Å². The van der Waals surface area contributed by atoms with Gasteiger partial charge in [0.25, 0.3) is 0 Å². The van der Waals surface area contributed by atoms with Crippen LogP contribution in [0, 0.1) is 17.8 Å². The Morgan fingerprint density at radius 1 is 1.20 bits per heavy atom. The standard InChI is InChI=1S/C12H14N2O/c13-12(15)11-9-6-14(7-10(9)11)8-4-2-1-3-5-8/h1-5,9-11H,6-7H2,(H2,13,15)/t9-,10+,11+. The Kier molecular flexibility index (Phi) is 1.75. The van der Waals surface area contributed by atoms with Crippen molar-refractivity contribution in [3.05, 3.63) is 30.3 Å². The fraction of sp³-hybridized carbons (Fsp3) is 0.417. The fourth-order valence-electron chi connectivity index (χ4n) is 2.80. The van der Waals surface area contributed by atoms with E-state index in [0.717, 1.165) is 13.1 Å². The predicted molar refractivity (Wildman–Crippen MR) is 58.3 cm³/mol. The van der Waals surface area contributed by atoms with Crippen LogP contribution in [0.2, 0.25) is 0 Å². The summed E-state index contributed by atoms with van der Waals surface area (Å²) in [5.41, 5.74) is 6.57. The van der Waals surface area contributed by atoms with Gasteiger partial charge in [-0.05, 0) is 24.0 Å². The molecule has 0 aromatic heterocycles. The summed E-state index contributed by atoms with van der Waals surface area (Å²) in [7, 11) is 0. The van der Waals surface area contributed by atoms with Crippen molar-refractivity contribution in [1.29, 1.82) is 0 Å². The molecule has 0 radical (unpaired) electrons. The minimum atomic E-state index is -0.113. The van der Waals surface area contributed by atoms with Crippen LogP contribution in [0.15, 0.2) is 30.3 Å². The molecule has 1 aliphatic carbocycles. The number of fused-ring (bicyclic) bond motifs is 1. The van der Waals surface area contributed by atoms with Crippen LogP contribution >= 0.6 is 0 Å². The predicted octanol–water partition coefficient (Wildman–Crippen LogP) is 0.854. The van der Waals surface area contributed by atoms with Crippen LogP contribution in [0.5, 0.6) is 0 Å². The maximum atomic E-state index is 11.0. The average molecular weight is 202 g/mol. The Labute approximate surface area is 88.9 Å². The van der Waals surface area contributed by atoms with Gasteiger partial charge in [0.15, 0.2) is 0 Å². The second-order valence-electron chi connectivity index (χ2n) is 4.50. The quantitative estimate of drug-likeness (QED) is 0.773. The van der Waals surface area contributed by atoms with Gasteiger partial charge in [0.2, 0.25) is 5.91 Å². The topological polar surface area (TPSA) is 46.3 Å². The molecule has 0 spiro atoms. The molecule has 3 heteroatoms. The number of carbonyl (C=O) groups excluding carboxylic acids is 1. The van der Waals surface area contributed by atoms with Crippen molar-refractivity contribution < 1.29 is 4.79 Å². The monoisotopic (exact) mass is 202 g/mol. The first kappa shape index (κ1) is 8.77. The van der Waals surface area contributed by atoms with E-state index in [2.05, 4.69) is 17.0 Å². The lowest BCUT2D eigenvalue weighted by Gasteiger charge is -2.21. The van der Waals surface area contributed by atoms with Gasteiger partial charge in [-0.15, -0.1) is 0 Å². The highest BCUT2D eigenvalue weighted by Gasteiger charge is 2.58. The van der Waals surface area contributed by atoms with Crippen LogP contribution in [0.3, 0.4) is 0 Å². The molecule has 1 heterocycles. The van der Waals surface area contributed by atoms with Crippen molar-refractivity contribution in [2.45, 2.75) is 0 Å². The van der Waals surface area contributed by atoms with Crippen LogP contribution in [0.25, 0.3) is 0 Å². The van der Waals surface area contributed by atoms with Crippen LogP contribution in [0.1, 0.15) is 0 Å². The number of nitrogens with two attached hydrogens (primary N) is 1. The molecule has 1 saturated carbocycles. The molecule has 2 fully saturated rings. The Morgan fingerprint density at radius 3 is 2.33 bits per heavy atom. The molecular weight excluding hydrogens is 188 g/mol. The van der Waals surface area contributed by atoms with Crippen LogP contribution in [-0.2, 0) is 4.79 Å². The first-order valence-corrected chi connectivity index (χ1v) is 5.36. The maximum Gasteiger partial charge on any atom is 0.221 e. The van der Waals surface area contributed by atoms with E-state index in [1.807, 2.05) is 18.2 Å². The zero-order chi connectivity index (χ0) is 10.4. The summed E-state index contributed by atoms with van der Waals surface area (Å²) in [6, 6.07) is 10.3. The smallest absolute Gasteiger partial charge is 0.221 e. The highest BCUT2D eigenvalue weighted by Crippen LogP contribution is 2.52. The van der Waals surface area contributed by atoms with Crippen molar-refractivity contribution in [2.75, 3.05) is 18.0 Å². The number of para-hydroxylation sites is 1. The van der Waals surface area contributed by atoms with Gasteiger partial charge >= 0.3 is 0 Å². The van der Waals surface area contributed by atoms with E-state index in [-0.39, 0.29) is 11.8 Å². The molecule has 1 saturated heterocycles. The minimum Gasteiger partial charge on any atom is -0.371 e. The summed E-state index contributed by atoms with van der Waals surface area (Å²) in [5, 5.41) is 0. The highest BCUT2D eigenvalue weighted by molar-refractivity contribution is 5.81. The van der Waals surface area contributed by atoms with Gasteiger partial charge in [0.05, 0.1) is 0 Å². The number of amides is 1. The van der Waals surface area contributed by atoms with Crippen LogP contribution in [0.4, 0.5) is 5.69 Å². The third kappa shape index (κ3) is 1.30. The lowest BCUT2D eigenvalue weighted by molar-refractivity contribution is -0.119. The Hall–Kier alpha value is -1.51. The maximum absolute atomic E-state index is 11.0. The molecule has 1 aromatic rings. The zero-order valence-corrected chi connectivity index (χ0v) is 8.47. The van der Waals surface area contributed by atoms with Crippen molar-refractivity contribution in [1.82, 2.24) is 0 Å². The molecule has 0 unspecified atom stereocenters. The van der Waals surface area contributed by atoms with E-state index >= 15 is 0 Å².